The molecule has 1 aliphatic carbocycles. The minimum Gasteiger partial charge on any atom is -0.369 e. The van der Waals surface area contributed by atoms with Gasteiger partial charge in [-0.15, -0.1) is 11.8 Å². The monoisotopic (exact) mass is 285 g/mol. The molecule has 1 aromatic heterocycles. The summed E-state index contributed by atoms with van der Waals surface area (Å²) in [5, 5.41) is 3.42. The normalized spacial score (nSPS) is 21.7. The Kier molecular flexibility index (Phi) is 3.91. The SMILES string of the molecule is Cc1nc(NC(=O)C2CC2C)sc1SCC(N)=O. The third-order valence-corrected chi connectivity index (χ3v) is 5.23. The number of nitrogens with two attached hydrogens (primary N) is 1. The molecule has 2 amide bonds. The lowest BCUT2D eigenvalue weighted by atomic mass is 10.3. The van der Waals surface area contributed by atoms with Crippen molar-refractivity contribution in [3.63, 3.8) is 0 Å². The van der Waals surface area contributed by atoms with Gasteiger partial charge in [0.1, 0.15) is 0 Å². The maximum absolute atomic E-state index is 11.7. The summed E-state index contributed by atoms with van der Waals surface area (Å²) in [6.07, 6.45) is 0.958. The molecule has 5 nitrogen and oxygen atoms in total. The highest BCUT2D eigenvalue weighted by atomic mass is 32.2. The molecular weight excluding hydrogens is 270 g/mol. The fourth-order valence-electron chi connectivity index (χ4n) is 1.59. The van der Waals surface area contributed by atoms with E-state index in [1.165, 1.54) is 23.1 Å². The van der Waals surface area contributed by atoms with Gasteiger partial charge in [0.15, 0.2) is 5.13 Å². The van der Waals surface area contributed by atoms with E-state index >= 15 is 0 Å². The van der Waals surface area contributed by atoms with Crippen molar-refractivity contribution in [2.75, 3.05) is 11.1 Å². The van der Waals surface area contributed by atoms with Gasteiger partial charge in [-0.25, -0.2) is 4.98 Å². The molecule has 0 radical (unpaired) electrons. The highest BCUT2D eigenvalue weighted by molar-refractivity contribution is 8.01. The molecule has 0 bridgehead atoms. The van der Waals surface area contributed by atoms with Crippen LogP contribution < -0.4 is 11.1 Å². The second-order valence-electron chi connectivity index (χ2n) is 4.46. The molecule has 0 aliphatic heterocycles. The van der Waals surface area contributed by atoms with E-state index in [9.17, 15) is 9.59 Å². The first-order chi connectivity index (χ1) is 8.47. The molecule has 2 atom stereocenters. The lowest BCUT2D eigenvalue weighted by Crippen LogP contribution is -2.14. The average Bonchev–Trinajstić information content (AvgIpc) is 2.90. The van der Waals surface area contributed by atoms with Crippen LogP contribution in [0.2, 0.25) is 0 Å². The standard InChI is InChI=1S/C11H15N3O2S2/c1-5-3-7(5)9(16)14-11-13-6(2)10(18-11)17-4-8(12)15/h5,7H,3-4H2,1-2H3,(H2,12,15)(H,13,14,16). The first kappa shape index (κ1) is 13.4. The Balaban J connectivity index is 1.95. The number of anilines is 1. The van der Waals surface area contributed by atoms with Crippen molar-refractivity contribution in [3.8, 4) is 0 Å². The fourth-order valence-corrected chi connectivity index (χ4v) is 3.47. The van der Waals surface area contributed by atoms with Gasteiger partial charge in [0, 0.05) is 5.92 Å². The van der Waals surface area contributed by atoms with Crippen LogP contribution in [0.5, 0.6) is 0 Å². The van der Waals surface area contributed by atoms with Gasteiger partial charge in [-0.2, -0.15) is 0 Å². The summed E-state index contributed by atoms with van der Waals surface area (Å²) in [6.45, 7) is 3.92. The Bertz CT molecular complexity index is 487. The van der Waals surface area contributed by atoms with Crippen molar-refractivity contribution in [1.82, 2.24) is 4.98 Å². The van der Waals surface area contributed by atoms with E-state index < -0.39 is 0 Å². The zero-order chi connectivity index (χ0) is 13.3. The van der Waals surface area contributed by atoms with Crippen LogP contribution in [0.3, 0.4) is 0 Å². The summed E-state index contributed by atoms with van der Waals surface area (Å²) in [6, 6.07) is 0. The molecule has 1 aromatic rings. The molecular formula is C11H15N3O2S2. The van der Waals surface area contributed by atoms with Gasteiger partial charge >= 0.3 is 0 Å². The summed E-state index contributed by atoms with van der Waals surface area (Å²) in [4.78, 5) is 26.7. The summed E-state index contributed by atoms with van der Waals surface area (Å²) in [5.41, 5.74) is 5.92. The van der Waals surface area contributed by atoms with Crippen molar-refractivity contribution >= 4 is 40.0 Å². The number of aromatic nitrogens is 1. The first-order valence-corrected chi connectivity index (χ1v) is 7.47. The third kappa shape index (κ3) is 3.23. The molecule has 3 N–H and O–H groups in total. The molecule has 1 heterocycles. The van der Waals surface area contributed by atoms with Crippen LogP contribution >= 0.6 is 23.1 Å². The average molecular weight is 285 g/mol. The molecule has 0 spiro atoms. The largest absolute Gasteiger partial charge is 0.369 e. The van der Waals surface area contributed by atoms with Gasteiger partial charge in [-0.05, 0) is 19.3 Å². The summed E-state index contributed by atoms with van der Waals surface area (Å²) < 4.78 is 0.924. The molecule has 0 aromatic carbocycles. The van der Waals surface area contributed by atoms with Gasteiger partial charge in [-0.1, -0.05) is 18.3 Å². The summed E-state index contributed by atoms with van der Waals surface area (Å²) in [7, 11) is 0. The zero-order valence-corrected chi connectivity index (χ0v) is 11.9. The van der Waals surface area contributed by atoms with Gasteiger partial charge in [-0.3, -0.25) is 9.59 Å². The predicted octanol–water partition coefficient (Wildman–Crippen LogP) is 1.62. The number of primary amides is 1. The van der Waals surface area contributed by atoms with Crippen LogP contribution in [-0.4, -0.2) is 22.6 Å². The molecule has 2 rings (SSSR count). The quantitative estimate of drug-likeness (QED) is 0.805. The topological polar surface area (TPSA) is 85.1 Å². The number of amides is 2. The molecule has 18 heavy (non-hydrogen) atoms. The highest BCUT2D eigenvalue weighted by Gasteiger charge is 2.39. The van der Waals surface area contributed by atoms with E-state index in [0.717, 1.165) is 16.3 Å². The number of hydrogen-bond acceptors (Lipinski definition) is 5. The minimum atomic E-state index is -0.356. The number of thioether (sulfide) groups is 1. The van der Waals surface area contributed by atoms with Gasteiger partial charge in [0.2, 0.25) is 11.8 Å². The number of nitrogens with zero attached hydrogens (tertiary/aromatic N) is 1. The predicted molar refractivity (Wildman–Crippen MR) is 72.7 cm³/mol. The maximum Gasteiger partial charge on any atom is 0.229 e. The number of hydrogen-bond donors (Lipinski definition) is 2. The van der Waals surface area contributed by atoms with Crippen molar-refractivity contribution in [1.29, 1.82) is 0 Å². The van der Waals surface area contributed by atoms with Crippen LogP contribution in [0.25, 0.3) is 0 Å². The van der Waals surface area contributed by atoms with E-state index in [1.807, 2.05) is 6.92 Å². The molecule has 1 saturated carbocycles. The second kappa shape index (κ2) is 5.27. The van der Waals surface area contributed by atoms with Crippen molar-refractivity contribution in [3.05, 3.63) is 5.69 Å². The van der Waals surface area contributed by atoms with Crippen LogP contribution in [-0.2, 0) is 9.59 Å². The van der Waals surface area contributed by atoms with Crippen LogP contribution in [0.15, 0.2) is 4.21 Å². The molecule has 98 valence electrons. The van der Waals surface area contributed by atoms with Crippen molar-refractivity contribution in [2.24, 2.45) is 17.6 Å². The number of nitrogens with one attached hydrogen (secondary N) is 1. The number of carbonyl (C=O) groups excluding carboxylic acids is 2. The van der Waals surface area contributed by atoms with Gasteiger partial charge in [0.05, 0.1) is 15.7 Å². The van der Waals surface area contributed by atoms with E-state index in [-0.39, 0.29) is 23.5 Å². The number of thiazole rings is 1. The smallest absolute Gasteiger partial charge is 0.229 e. The van der Waals surface area contributed by atoms with E-state index in [1.54, 1.807) is 0 Å². The first-order valence-electron chi connectivity index (χ1n) is 5.66. The Morgan fingerprint density at radius 3 is 2.83 bits per heavy atom. The zero-order valence-electron chi connectivity index (χ0n) is 10.2. The van der Waals surface area contributed by atoms with Crippen molar-refractivity contribution in [2.45, 2.75) is 24.5 Å². The van der Waals surface area contributed by atoms with E-state index in [4.69, 9.17) is 5.73 Å². The Morgan fingerprint density at radius 2 is 2.28 bits per heavy atom. The molecule has 2 unspecified atom stereocenters. The van der Waals surface area contributed by atoms with E-state index in [2.05, 4.69) is 17.2 Å². The van der Waals surface area contributed by atoms with Gasteiger partial charge < -0.3 is 11.1 Å². The molecule has 7 heteroatoms. The number of carbonyl (C=O) groups is 2. The molecule has 1 aliphatic rings. The Labute approximate surface area is 114 Å². The Morgan fingerprint density at radius 1 is 1.61 bits per heavy atom. The summed E-state index contributed by atoms with van der Waals surface area (Å²) >= 11 is 2.75. The minimum absolute atomic E-state index is 0.0442. The second-order valence-corrected chi connectivity index (χ2v) is 6.70. The lowest BCUT2D eigenvalue weighted by Gasteiger charge is -1.98. The lowest BCUT2D eigenvalue weighted by molar-refractivity contribution is -0.117. The highest BCUT2D eigenvalue weighted by Crippen LogP contribution is 2.39. The van der Waals surface area contributed by atoms with Gasteiger partial charge in [0.25, 0.3) is 0 Å². The van der Waals surface area contributed by atoms with Crippen LogP contribution in [0.1, 0.15) is 19.0 Å². The maximum atomic E-state index is 11.7. The van der Waals surface area contributed by atoms with Crippen LogP contribution in [0.4, 0.5) is 5.13 Å². The van der Waals surface area contributed by atoms with E-state index in [0.29, 0.717) is 11.0 Å². The van der Waals surface area contributed by atoms with Crippen LogP contribution in [0, 0.1) is 18.8 Å². The fraction of sp³-hybridized carbons (Fsp3) is 0.545. The third-order valence-electron chi connectivity index (χ3n) is 2.78. The number of aryl methyl sites for hydroxylation is 1. The molecule has 0 saturated heterocycles. The Hall–Kier alpha value is -1.08. The molecule has 1 fully saturated rings. The summed E-state index contributed by atoms with van der Waals surface area (Å²) in [5.74, 6) is 0.536. The number of rotatable bonds is 5. The van der Waals surface area contributed by atoms with Crippen molar-refractivity contribution < 1.29 is 9.59 Å².